The fourth-order valence-corrected chi connectivity index (χ4v) is 2.98. The Morgan fingerprint density at radius 3 is 2.80 bits per heavy atom. The summed E-state index contributed by atoms with van der Waals surface area (Å²) >= 11 is 1.30. The molecule has 0 aromatic rings. The lowest BCUT2D eigenvalue weighted by atomic mass is 10.1. The van der Waals surface area contributed by atoms with Crippen molar-refractivity contribution in [2.24, 2.45) is 5.73 Å². The normalized spacial score (nSPS) is 30.0. The number of β-lactam (4-membered cyclic amide) rings is 1. The zero-order valence-electron chi connectivity index (χ0n) is 7.71. The summed E-state index contributed by atoms with van der Waals surface area (Å²) in [6.45, 7) is -0.438. The van der Waals surface area contributed by atoms with Crippen LogP contribution in [0.5, 0.6) is 0 Å². The van der Waals surface area contributed by atoms with Gasteiger partial charge >= 0.3 is 5.97 Å². The first-order valence-corrected chi connectivity index (χ1v) is 5.31. The van der Waals surface area contributed by atoms with E-state index < -0.39 is 18.0 Å². The van der Waals surface area contributed by atoms with Crippen LogP contribution in [-0.4, -0.2) is 44.3 Å². The van der Waals surface area contributed by atoms with Crippen molar-refractivity contribution in [1.29, 1.82) is 0 Å². The van der Waals surface area contributed by atoms with Crippen molar-refractivity contribution in [3.63, 3.8) is 0 Å². The Bertz CT molecular complexity index is 368. The van der Waals surface area contributed by atoms with Gasteiger partial charge in [-0.25, -0.2) is 4.79 Å². The Balaban J connectivity index is 2.44. The molecule has 0 radical (unpaired) electrons. The molecule has 0 aliphatic carbocycles. The Kier molecular flexibility index (Phi) is 2.45. The molecule has 0 aromatic heterocycles. The number of aliphatic hydroxyl groups excluding tert-OH is 1. The number of carbonyl (C=O) groups is 2. The monoisotopic (exact) mass is 230 g/mol. The fourth-order valence-electron chi connectivity index (χ4n) is 1.71. The Morgan fingerprint density at radius 2 is 2.33 bits per heavy atom. The van der Waals surface area contributed by atoms with Gasteiger partial charge < -0.3 is 15.9 Å². The van der Waals surface area contributed by atoms with Crippen molar-refractivity contribution < 1.29 is 19.8 Å². The Hall–Kier alpha value is -1.05. The van der Waals surface area contributed by atoms with E-state index in [1.54, 1.807) is 0 Å². The number of aliphatic carboxylic acids is 1. The summed E-state index contributed by atoms with van der Waals surface area (Å²) in [7, 11) is 0. The molecule has 1 fully saturated rings. The van der Waals surface area contributed by atoms with Gasteiger partial charge in [0.2, 0.25) is 5.91 Å². The van der Waals surface area contributed by atoms with Gasteiger partial charge in [-0.05, 0) is 0 Å². The second-order valence-electron chi connectivity index (χ2n) is 3.32. The van der Waals surface area contributed by atoms with E-state index in [4.69, 9.17) is 15.9 Å². The lowest BCUT2D eigenvalue weighted by molar-refractivity contribution is -0.146. The SMILES string of the molecule is NC1S[C@@H]2CC(=O)N2C(C(=O)O)=C1CO. The van der Waals surface area contributed by atoms with Crippen LogP contribution in [0.15, 0.2) is 11.3 Å². The minimum Gasteiger partial charge on any atom is -0.477 e. The molecule has 2 aliphatic heterocycles. The van der Waals surface area contributed by atoms with E-state index in [1.165, 1.54) is 16.7 Å². The third-order valence-electron chi connectivity index (χ3n) is 2.47. The molecular weight excluding hydrogens is 220 g/mol. The second kappa shape index (κ2) is 3.51. The van der Waals surface area contributed by atoms with Crippen molar-refractivity contribution in [3.8, 4) is 0 Å². The number of hydrogen-bond donors (Lipinski definition) is 3. The average molecular weight is 230 g/mol. The van der Waals surface area contributed by atoms with Gasteiger partial charge in [-0.1, -0.05) is 0 Å². The van der Waals surface area contributed by atoms with Gasteiger partial charge in [0, 0.05) is 5.57 Å². The summed E-state index contributed by atoms with van der Waals surface area (Å²) in [4.78, 5) is 23.4. The number of aliphatic hydroxyl groups is 1. The first-order valence-electron chi connectivity index (χ1n) is 4.36. The first kappa shape index (κ1) is 10.5. The smallest absolute Gasteiger partial charge is 0.352 e. The summed E-state index contributed by atoms with van der Waals surface area (Å²) in [5, 5.41) is 17.3. The number of nitrogens with two attached hydrogens (primary N) is 1. The minimum atomic E-state index is -1.21. The molecule has 2 rings (SSSR count). The predicted molar refractivity (Wildman–Crippen MR) is 52.6 cm³/mol. The number of rotatable bonds is 2. The molecule has 2 heterocycles. The topological polar surface area (TPSA) is 104 Å². The third-order valence-corrected chi connectivity index (χ3v) is 3.74. The van der Waals surface area contributed by atoms with Crippen molar-refractivity contribution in [3.05, 3.63) is 11.3 Å². The van der Waals surface area contributed by atoms with E-state index in [2.05, 4.69) is 0 Å². The van der Waals surface area contributed by atoms with Gasteiger partial charge in [0.25, 0.3) is 0 Å². The van der Waals surface area contributed by atoms with Crippen LogP contribution in [0.2, 0.25) is 0 Å². The van der Waals surface area contributed by atoms with Crippen LogP contribution in [0.1, 0.15) is 6.42 Å². The summed E-state index contributed by atoms with van der Waals surface area (Å²) in [5.74, 6) is -1.45. The molecule has 1 saturated heterocycles. The molecule has 7 heteroatoms. The summed E-state index contributed by atoms with van der Waals surface area (Å²) in [5.41, 5.74) is 5.75. The number of nitrogens with zero attached hydrogens (tertiary/aromatic N) is 1. The Morgan fingerprint density at radius 1 is 1.67 bits per heavy atom. The number of carboxylic acids is 1. The molecule has 1 amide bonds. The molecular formula is C8H10N2O4S. The van der Waals surface area contributed by atoms with E-state index in [-0.39, 0.29) is 22.6 Å². The number of amides is 1. The molecule has 0 spiro atoms. The second-order valence-corrected chi connectivity index (χ2v) is 4.64. The van der Waals surface area contributed by atoms with E-state index in [0.29, 0.717) is 6.42 Å². The molecule has 0 aromatic carbocycles. The van der Waals surface area contributed by atoms with Crippen molar-refractivity contribution in [1.82, 2.24) is 4.90 Å². The zero-order chi connectivity index (χ0) is 11.2. The highest BCUT2D eigenvalue weighted by atomic mass is 32.2. The maximum absolute atomic E-state index is 11.2. The van der Waals surface area contributed by atoms with E-state index in [1.807, 2.05) is 0 Å². The van der Waals surface area contributed by atoms with Crippen LogP contribution < -0.4 is 5.73 Å². The fraction of sp³-hybridized carbons (Fsp3) is 0.500. The van der Waals surface area contributed by atoms with Crippen LogP contribution in [0.3, 0.4) is 0 Å². The summed E-state index contributed by atoms with van der Waals surface area (Å²) in [6.07, 6.45) is 0.313. The average Bonchev–Trinajstić information content (AvgIpc) is 2.15. The molecule has 6 nitrogen and oxygen atoms in total. The zero-order valence-corrected chi connectivity index (χ0v) is 8.53. The van der Waals surface area contributed by atoms with Crippen molar-refractivity contribution >= 4 is 23.6 Å². The van der Waals surface area contributed by atoms with Gasteiger partial charge in [-0.15, -0.1) is 11.8 Å². The minimum absolute atomic E-state index is 0.148. The van der Waals surface area contributed by atoms with Crippen LogP contribution in [-0.2, 0) is 9.59 Å². The molecule has 0 saturated carbocycles. The van der Waals surface area contributed by atoms with Crippen molar-refractivity contribution in [2.45, 2.75) is 17.2 Å². The maximum atomic E-state index is 11.2. The van der Waals surface area contributed by atoms with Crippen LogP contribution in [0.25, 0.3) is 0 Å². The van der Waals surface area contributed by atoms with Gasteiger partial charge in [-0.2, -0.15) is 0 Å². The number of fused-ring (bicyclic) bond motifs is 1. The molecule has 2 atom stereocenters. The van der Waals surface area contributed by atoms with Crippen LogP contribution >= 0.6 is 11.8 Å². The molecule has 1 unspecified atom stereocenters. The van der Waals surface area contributed by atoms with E-state index in [9.17, 15) is 9.59 Å². The van der Waals surface area contributed by atoms with E-state index in [0.717, 1.165) is 0 Å². The Labute approximate surface area is 89.7 Å². The number of hydrogen-bond acceptors (Lipinski definition) is 5. The molecule has 4 N–H and O–H groups in total. The number of carboxylic acid groups (broad SMARTS) is 1. The molecule has 0 bridgehead atoms. The molecule has 15 heavy (non-hydrogen) atoms. The number of carbonyl (C=O) groups excluding carboxylic acids is 1. The lowest BCUT2D eigenvalue weighted by Gasteiger charge is -2.45. The van der Waals surface area contributed by atoms with E-state index >= 15 is 0 Å². The third kappa shape index (κ3) is 1.43. The maximum Gasteiger partial charge on any atom is 0.352 e. The van der Waals surface area contributed by atoms with Crippen LogP contribution in [0, 0.1) is 0 Å². The predicted octanol–water partition coefficient (Wildman–Crippen LogP) is -1.09. The van der Waals surface area contributed by atoms with Crippen molar-refractivity contribution in [2.75, 3.05) is 6.61 Å². The van der Waals surface area contributed by atoms with Gasteiger partial charge in [0.05, 0.1) is 23.8 Å². The van der Waals surface area contributed by atoms with Gasteiger partial charge in [-0.3, -0.25) is 9.69 Å². The largest absolute Gasteiger partial charge is 0.477 e. The molecule has 2 aliphatic rings. The lowest BCUT2D eigenvalue weighted by Crippen LogP contribution is -2.56. The highest BCUT2D eigenvalue weighted by Crippen LogP contribution is 2.41. The highest BCUT2D eigenvalue weighted by molar-refractivity contribution is 8.00. The first-order chi connectivity index (χ1) is 7.06. The summed E-state index contributed by atoms with van der Waals surface area (Å²) in [6, 6.07) is 0. The van der Waals surface area contributed by atoms with Gasteiger partial charge in [0.1, 0.15) is 5.70 Å². The molecule has 82 valence electrons. The quantitative estimate of drug-likeness (QED) is 0.521. The summed E-state index contributed by atoms with van der Waals surface area (Å²) < 4.78 is 0. The van der Waals surface area contributed by atoms with Gasteiger partial charge in [0.15, 0.2) is 0 Å². The van der Waals surface area contributed by atoms with Crippen LogP contribution in [0.4, 0.5) is 0 Å². The number of thioether (sulfide) groups is 1. The highest BCUT2D eigenvalue weighted by Gasteiger charge is 2.47. The standard InChI is InChI=1S/C8H10N2O4S/c9-7-3(2-11)6(8(13)14)10-4(12)1-5(10)15-7/h5,7,11H,1-2,9H2,(H,13,14)/t5-,7?/m1/s1.